The number of aryl methyl sites for hydroxylation is 1. The number of nitrogens with one attached hydrogen (secondary N) is 1. The molecule has 2 aromatic rings. The monoisotopic (exact) mass is 442 g/mol. The first-order valence-electron chi connectivity index (χ1n) is 9.26. The van der Waals surface area contributed by atoms with Gasteiger partial charge in [-0.2, -0.15) is 13.2 Å². The molecular weight excluding hydrogens is 421 g/mol. The number of aliphatic hydroxyl groups excluding tert-OH is 1. The number of rotatable bonds is 4. The third kappa shape index (κ3) is 4.59. The molecule has 0 aliphatic carbocycles. The molecule has 6 nitrogen and oxygen atoms in total. The number of halogens is 3. The molecule has 0 aromatic heterocycles. The van der Waals surface area contributed by atoms with Crippen LogP contribution in [0, 0.1) is 6.92 Å². The van der Waals surface area contributed by atoms with Crippen molar-refractivity contribution < 1.29 is 31.5 Å². The van der Waals surface area contributed by atoms with Crippen LogP contribution in [0.3, 0.4) is 0 Å². The molecule has 1 aliphatic heterocycles. The SMILES string of the molecule is Cc1cccc(C(=O)N2CCC(O)CC2)c1NS(=O)(=O)c1ccccc1C(F)(F)F. The molecule has 1 fully saturated rings. The number of anilines is 1. The lowest BCUT2D eigenvalue weighted by molar-refractivity contribution is -0.139. The van der Waals surface area contributed by atoms with Crippen molar-refractivity contribution >= 4 is 21.6 Å². The van der Waals surface area contributed by atoms with Gasteiger partial charge in [-0.25, -0.2) is 8.42 Å². The van der Waals surface area contributed by atoms with Crippen LogP contribution in [-0.2, 0) is 16.2 Å². The zero-order valence-corrected chi connectivity index (χ0v) is 16.9. The average molecular weight is 442 g/mol. The van der Waals surface area contributed by atoms with Gasteiger partial charge in [-0.1, -0.05) is 24.3 Å². The van der Waals surface area contributed by atoms with Gasteiger partial charge in [0.2, 0.25) is 0 Å². The third-order valence-corrected chi connectivity index (χ3v) is 6.38. The first-order chi connectivity index (χ1) is 14.0. The summed E-state index contributed by atoms with van der Waals surface area (Å²) in [6, 6.07) is 8.43. The van der Waals surface area contributed by atoms with E-state index in [0.717, 1.165) is 12.1 Å². The first kappa shape index (κ1) is 22.1. The second kappa shape index (κ2) is 8.27. The van der Waals surface area contributed by atoms with Gasteiger partial charge in [0, 0.05) is 13.1 Å². The van der Waals surface area contributed by atoms with Crippen LogP contribution in [0.5, 0.6) is 0 Å². The van der Waals surface area contributed by atoms with Gasteiger partial charge in [0.1, 0.15) is 0 Å². The molecule has 3 rings (SSSR count). The fraction of sp³-hybridized carbons (Fsp3) is 0.350. The molecule has 2 aromatic carbocycles. The summed E-state index contributed by atoms with van der Waals surface area (Å²) in [5.41, 5.74) is -0.917. The van der Waals surface area contributed by atoms with Crippen molar-refractivity contribution in [3.05, 3.63) is 59.2 Å². The van der Waals surface area contributed by atoms with Crippen molar-refractivity contribution in [2.45, 2.75) is 36.9 Å². The van der Waals surface area contributed by atoms with E-state index in [4.69, 9.17) is 0 Å². The number of sulfonamides is 1. The Morgan fingerprint density at radius 2 is 1.73 bits per heavy atom. The Bertz CT molecular complexity index is 1050. The van der Waals surface area contributed by atoms with E-state index in [1.54, 1.807) is 19.1 Å². The van der Waals surface area contributed by atoms with Gasteiger partial charge < -0.3 is 10.0 Å². The van der Waals surface area contributed by atoms with Crippen molar-refractivity contribution in [2.24, 2.45) is 0 Å². The predicted octanol–water partition coefficient (Wildman–Crippen LogP) is 3.41. The van der Waals surface area contributed by atoms with Gasteiger partial charge in [0.05, 0.1) is 27.8 Å². The number of benzene rings is 2. The van der Waals surface area contributed by atoms with Gasteiger partial charge in [-0.15, -0.1) is 0 Å². The number of likely N-dealkylation sites (tertiary alicyclic amines) is 1. The molecule has 0 saturated carbocycles. The van der Waals surface area contributed by atoms with Crippen LogP contribution in [0.4, 0.5) is 18.9 Å². The molecule has 10 heteroatoms. The molecule has 2 N–H and O–H groups in total. The number of hydrogen-bond donors (Lipinski definition) is 2. The molecule has 0 radical (unpaired) electrons. The van der Waals surface area contributed by atoms with Crippen molar-refractivity contribution in [3.8, 4) is 0 Å². The van der Waals surface area contributed by atoms with Gasteiger partial charge in [0.15, 0.2) is 0 Å². The zero-order chi connectivity index (χ0) is 22.1. The number of nitrogens with zero attached hydrogens (tertiary/aromatic N) is 1. The minimum atomic E-state index is -4.86. The van der Waals surface area contributed by atoms with E-state index in [9.17, 15) is 31.5 Å². The second-order valence-electron chi connectivity index (χ2n) is 7.12. The maximum absolute atomic E-state index is 13.3. The normalized spacial score (nSPS) is 15.8. The zero-order valence-electron chi connectivity index (χ0n) is 16.1. The van der Waals surface area contributed by atoms with E-state index >= 15 is 0 Å². The van der Waals surface area contributed by atoms with Crippen molar-refractivity contribution in [1.82, 2.24) is 4.90 Å². The number of para-hydroxylation sites is 1. The maximum Gasteiger partial charge on any atom is 0.417 e. The molecule has 1 heterocycles. The van der Waals surface area contributed by atoms with E-state index in [-0.39, 0.29) is 11.3 Å². The Morgan fingerprint density at radius 1 is 1.10 bits per heavy atom. The first-order valence-corrected chi connectivity index (χ1v) is 10.7. The summed E-state index contributed by atoms with van der Waals surface area (Å²) in [6.07, 6.45) is -4.55. The number of carbonyl (C=O) groups excluding carboxylic acids is 1. The molecule has 0 unspecified atom stereocenters. The minimum absolute atomic E-state index is 0.0412. The van der Waals surface area contributed by atoms with Crippen LogP contribution in [0.25, 0.3) is 0 Å². The fourth-order valence-corrected chi connectivity index (χ4v) is 4.73. The number of aliphatic hydroxyl groups is 1. The molecule has 1 aliphatic rings. The highest BCUT2D eigenvalue weighted by molar-refractivity contribution is 7.92. The molecule has 162 valence electrons. The highest BCUT2D eigenvalue weighted by Gasteiger charge is 2.37. The summed E-state index contributed by atoms with van der Waals surface area (Å²) in [6.45, 7) is 2.17. The third-order valence-electron chi connectivity index (χ3n) is 4.97. The standard InChI is InChI=1S/C20H21F3N2O4S/c1-13-5-4-6-15(19(27)25-11-9-14(26)10-12-25)18(13)24-30(28,29)17-8-3-2-7-16(17)20(21,22)23/h2-8,14,24,26H,9-12H2,1H3. The summed E-state index contributed by atoms with van der Waals surface area (Å²) in [5, 5.41) is 9.63. The Hall–Kier alpha value is -2.59. The van der Waals surface area contributed by atoms with Crippen molar-refractivity contribution in [1.29, 1.82) is 0 Å². The van der Waals surface area contributed by atoms with E-state index in [0.29, 0.717) is 37.6 Å². The lowest BCUT2D eigenvalue weighted by Crippen LogP contribution is -2.40. The second-order valence-corrected chi connectivity index (χ2v) is 8.77. The summed E-state index contributed by atoms with van der Waals surface area (Å²) in [5.74, 6) is -0.451. The summed E-state index contributed by atoms with van der Waals surface area (Å²) in [4.78, 5) is 13.5. The van der Waals surface area contributed by atoms with Gasteiger partial charge in [-0.3, -0.25) is 9.52 Å². The lowest BCUT2D eigenvalue weighted by Gasteiger charge is -2.30. The quantitative estimate of drug-likeness (QED) is 0.760. The molecule has 0 bridgehead atoms. The smallest absolute Gasteiger partial charge is 0.393 e. The van der Waals surface area contributed by atoms with Gasteiger partial charge in [-0.05, 0) is 43.5 Å². The van der Waals surface area contributed by atoms with Gasteiger partial charge >= 0.3 is 6.18 Å². The maximum atomic E-state index is 13.3. The van der Waals surface area contributed by atoms with Crippen LogP contribution >= 0.6 is 0 Å². The number of alkyl halides is 3. The number of amides is 1. The number of hydrogen-bond acceptors (Lipinski definition) is 4. The van der Waals surface area contributed by atoms with Crippen LogP contribution in [0.2, 0.25) is 0 Å². The van der Waals surface area contributed by atoms with Crippen molar-refractivity contribution in [2.75, 3.05) is 17.8 Å². The number of carbonyl (C=O) groups is 1. The lowest BCUT2D eigenvalue weighted by atomic mass is 10.0. The summed E-state index contributed by atoms with van der Waals surface area (Å²) in [7, 11) is -4.63. The van der Waals surface area contributed by atoms with E-state index < -0.39 is 38.7 Å². The summed E-state index contributed by atoms with van der Waals surface area (Å²) >= 11 is 0. The topological polar surface area (TPSA) is 86.7 Å². The fourth-order valence-electron chi connectivity index (χ4n) is 3.35. The van der Waals surface area contributed by atoms with Crippen LogP contribution < -0.4 is 4.72 Å². The largest absolute Gasteiger partial charge is 0.417 e. The predicted molar refractivity (Wildman–Crippen MR) is 105 cm³/mol. The molecular formula is C20H21F3N2O4S. The molecule has 1 amide bonds. The Kier molecular flexibility index (Phi) is 6.09. The molecule has 1 saturated heterocycles. The molecule has 0 atom stereocenters. The van der Waals surface area contributed by atoms with Gasteiger partial charge in [0.25, 0.3) is 15.9 Å². The highest BCUT2D eigenvalue weighted by Crippen LogP contribution is 2.35. The van der Waals surface area contributed by atoms with Crippen LogP contribution in [-0.4, -0.2) is 43.5 Å². The Balaban J connectivity index is 1.99. The van der Waals surface area contributed by atoms with Crippen molar-refractivity contribution in [3.63, 3.8) is 0 Å². The Morgan fingerprint density at radius 3 is 2.37 bits per heavy atom. The van der Waals surface area contributed by atoms with Crippen LogP contribution in [0.15, 0.2) is 47.4 Å². The highest BCUT2D eigenvalue weighted by atomic mass is 32.2. The number of piperidine rings is 1. The average Bonchev–Trinajstić information content (AvgIpc) is 2.69. The van der Waals surface area contributed by atoms with E-state index in [2.05, 4.69) is 4.72 Å². The summed E-state index contributed by atoms with van der Waals surface area (Å²) < 4.78 is 67.8. The van der Waals surface area contributed by atoms with Crippen LogP contribution in [0.1, 0.15) is 34.3 Å². The van der Waals surface area contributed by atoms with E-state index in [1.165, 1.54) is 17.0 Å². The minimum Gasteiger partial charge on any atom is -0.393 e. The molecule has 30 heavy (non-hydrogen) atoms. The van der Waals surface area contributed by atoms with E-state index in [1.807, 2.05) is 0 Å². The molecule has 0 spiro atoms. The Labute approximate surface area is 172 Å².